The lowest BCUT2D eigenvalue weighted by atomic mass is 9.90. The molecule has 4 aromatic rings. The Kier molecular flexibility index (Phi) is 5.07. The molecule has 0 fully saturated rings. The van der Waals surface area contributed by atoms with Gasteiger partial charge in [0.15, 0.2) is 5.13 Å². The van der Waals surface area contributed by atoms with E-state index < -0.39 is 17.7 Å². The molecule has 0 aliphatic carbocycles. The number of fused-ring (bicyclic) bond motifs is 1. The normalized spacial score (nSPS) is 11.7. The first-order valence-electron chi connectivity index (χ1n) is 8.80. The predicted octanol–water partition coefficient (Wildman–Crippen LogP) is 6.09. The third-order valence-electron chi connectivity index (χ3n) is 4.47. The van der Waals surface area contributed by atoms with Crippen molar-refractivity contribution >= 4 is 32.6 Å². The highest BCUT2D eigenvalue weighted by atomic mass is 32.1. The van der Waals surface area contributed by atoms with E-state index in [1.165, 1.54) is 6.07 Å². The summed E-state index contributed by atoms with van der Waals surface area (Å²) in [7, 11) is 0. The SMILES string of the molecule is O=C(Nc1nc2ccc(C(F)(F)F)cc2s1)C(c1ccccc1)c1ccccc1. The van der Waals surface area contributed by atoms with Crippen LogP contribution in [0.25, 0.3) is 10.2 Å². The van der Waals surface area contributed by atoms with Crippen LogP contribution in [0.1, 0.15) is 22.6 Å². The highest BCUT2D eigenvalue weighted by Crippen LogP contribution is 2.35. The summed E-state index contributed by atoms with van der Waals surface area (Å²) < 4.78 is 39.2. The molecular weight excluding hydrogens is 397 g/mol. The second-order valence-electron chi connectivity index (χ2n) is 6.44. The van der Waals surface area contributed by atoms with Gasteiger partial charge in [0.2, 0.25) is 5.91 Å². The summed E-state index contributed by atoms with van der Waals surface area (Å²) in [4.78, 5) is 17.4. The molecule has 0 aliphatic rings. The highest BCUT2D eigenvalue weighted by Gasteiger charge is 2.31. The van der Waals surface area contributed by atoms with Crippen molar-refractivity contribution in [2.45, 2.75) is 12.1 Å². The number of rotatable bonds is 4. The van der Waals surface area contributed by atoms with E-state index in [9.17, 15) is 18.0 Å². The Balaban J connectivity index is 1.66. The minimum Gasteiger partial charge on any atom is -0.301 e. The number of aromatic nitrogens is 1. The quantitative estimate of drug-likeness (QED) is 0.441. The Morgan fingerprint density at radius 3 is 2.03 bits per heavy atom. The number of amides is 1. The molecular formula is C22H15F3N2OS. The number of hydrogen-bond acceptors (Lipinski definition) is 3. The number of anilines is 1. The van der Waals surface area contributed by atoms with Gasteiger partial charge in [-0.3, -0.25) is 4.79 Å². The highest BCUT2D eigenvalue weighted by molar-refractivity contribution is 7.22. The number of halogens is 3. The fourth-order valence-corrected chi connectivity index (χ4v) is 4.03. The van der Waals surface area contributed by atoms with Gasteiger partial charge in [-0.1, -0.05) is 72.0 Å². The average molecular weight is 412 g/mol. The molecule has 0 radical (unpaired) electrons. The van der Waals surface area contributed by atoms with Gasteiger partial charge in [0.25, 0.3) is 0 Å². The van der Waals surface area contributed by atoms with Crippen molar-refractivity contribution in [3.8, 4) is 0 Å². The number of hydrogen-bond donors (Lipinski definition) is 1. The molecule has 0 spiro atoms. The Bertz CT molecular complexity index is 1100. The average Bonchev–Trinajstić information content (AvgIpc) is 3.10. The number of thiazole rings is 1. The maximum absolute atomic E-state index is 13.1. The zero-order valence-corrected chi connectivity index (χ0v) is 15.8. The second-order valence-corrected chi connectivity index (χ2v) is 7.47. The molecule has 1 aromatic heterocycles. The van der Waals surface area contributed by atoms with E-state index in [-0.39, 0.29) is 11.0 Å². The van der Waals surface area contributed by atoms with Crippen LogP contribution in [-0.4, -0.2) is 10.9 Å². The minimum atomic E-state index is -4.42. The summed E-state index contributed by atoms with van der Waals surface area (Å²) in [6.07, 6.45) is -4.42. The Hall–Kier alpha value is -3.19. The van der Waals surface area contributed by atoms with Crippen LogP contribution < -0.4 is 5.32 Å². The largest absolute Gasteiger partial charge is 0.416 e. The summed E-state index contributed by atoms with van der Waals surface area (Å²) in [5, 5.41) is 3.04. The molecule has 0 aliphatic heterocycles. The molecule has 0 saturated carbocycles. The van der Waals surface area contributed by atoms with E-state index in [2.05, 4.69) is 10.3 Å². The van der Waals surface area contributed by atoms with Crippen LogP contribution >= 0.6 is 11.3 Å². The maximum atomic E-state index is 13.1. The van der Waals surface area contributed by atoms with E-state index in [0.717, 1.165) is 34.6 Å². The Labute approximate surface area is 168 Å². The van der Waals surface area contributed by atoms with Crippen LogP contribution in [0.4, 0.5) is 18.3 Å². The fourth-order valence-electron chi connectivity index (χ4n) is 3.12. The van der Waals surface area contributed by atoms with Gasteiger partial charge in [-0.15, -0.1) is 0 Å². The molecule has 7 heteroatoms. The number of carbonyl (C=O) groups excluding carboxylic acids is 1. The van der Waals surface area contributed by atoms with E-state index in [1.807, 2.05) is 60.7 Å². The van der Waals surface area contributed by atoms with Crippen LogP contribution in [-0.2, 0) is 11.0 Å². The molecule has 0 unspecified atom stereocenters. The van der Waals surface area contributed by atoms with E-state index >= 15 is 0 Å². The smallest absolute Gasteiger partial charge is 0.301 e. The van der Waals surface area contributed by atoms with Crippen molar-refractivity contribution in [2.75, 3.05) is 5.32 Å². The first-order valence-corrected chi connectivity index (χ1v) is 9.62. The van der Waals surface area contributed by atoms with Crippen molar-refractivity contribution in [3.63, 3.8) is 0 Å². The molecule has 0 bridgehead atoms. The molecule has 4 rings (SSSR count). The van der Waals surface area contributed by atoms with Crippen LogP contribution in [0, 0.1) is 0 Å². The number of carbonyl (C=O) groups is 1. The van der Waals surface area contributed by atoms with E-state index in [1.54, 1.807) is 0 Å². The van der Waals surface area contributed by atoms with Crippen molar-refractivity contribution in [3.05, 3.63) is 95.6 Å². The predicted molar refractivity (Wildman–Crippen MR) is 108 cm³/mol. The molecule has 29 heavy (non-hydrogen) atoms. The Morgan fingerprint density at radius 2 is 1.48 bits per heavy atom. The van der Waals surface area contributed by atoms with Crippen molar-refractivity contribution in [1.82, 2.24) is 4.98 Å². The fraction of sp³-hybridized carbons (Fsp3) is 0.0909. The van der Waals surface area contributed by atoms with Crippen molar-refractivity contribution in [1.29, 1.82) is 0 Å². The van der Waals surface area contributed by atoms with E-state index in [0.29, 0.717) is 10.2 Å². The lowest BCUT2D eigenvalue weighted by molar-refractivity contribution is -0.137. The van der Waals surface area contributed by atoms with Crippen molar-refractivity contribution < 1.29 is 18.0 Å². The molecule has 1 N–H and O–H groups in total. The third kappa shape index (κ3) is 4.14. The second kappa shape index (κ2) is 7.67. The lowest BCUT2D eigenvalue weighted by Gasteiger charge is -2.16. The van der Waals surface area contributed by atoms with Crippen LogP contribution in [0.3, 0.4) is 0 Å². The summed E-state index contributed by atoms with van der Waals surface area (Å²) >= 11 is 1.02. The first-order chi connectivity index (χ1) is 13.9. The zero-order chi connectivity index (χ0) is 20.4. The summed E-state index contributed by atoms with van der Waals surface area (Å²) in [6.45, 7) is 0. The summed E-state index contributed by atoms with van der Waals surface area (Å²) in [5.41, 5.74) is 1.31. The molecule has 1 amide bonds. The van der Waals surface area contributed by atoms with Gasteiger partial charge >= 0.3 is 6.18 Å². The van der Waals surface area contributed by atoms with Gasteiger partial charge < -0.3 is 5.32 Å². The van der Waals surface area contributed by atoms with Gasteiger partial charge in [-0.25, -0.2) is 4.98 Å². The zero-order valence-electron chi connectivity index (χ0n) is 15.0. The monoisotopic (exact) mass is 412 g/mol. The lowest BCUT2D eigenvalue weighted by Crippen LogP contribution is -2.22. The molecule has 1 heterocycles. The number of nitrogens with zero attached hydrogens (tertiary/aromatic N) is 1. The van der Waals surface area contributed by atoms with Gasteiger partial charge in [0, 0.05) is 0 Å². The van der Waals surface area contributed by atoms with Crippen LogP contribution in [0.15, 0.2) is 78.9 Å². The molecule has 3 nitrogen and oxygen atoms in total. The standard InChI is InChI=1S/C22H15F3N2OS/c23-22(24,25)16-11-12-17-18(13-16)29-21(26-17)27-20(28)19(14-7-3-1-4-8-14)15-9-5-2-6-10-15/h1-13,19H,(H,26,27,28). The molecule has 0 atom stereocenters. The van der Waals surface area contributed by atoms with E-state index in [4.69, 9.17) is 0 Å². The number of benzene rings is 3. The third-order valence-corrected chi connectivity index (χ3v) is 5.41. The Morgan fingerprint density at radius 1 is 0.897 bits per heavy atom. The van der Waals surface area contributed by atoms with Gasteiger partial charge in [0.05, 0.1) is 21.7 Å². The molecule has 3 aromatic carbocycles. The van der Waals surface area contributed by atoms with Crippen LogP contribution in [0.5, 0.6) is 0 Å². The molecule has 146 valence electrons. The number of nitrogens with one attached hydrogen (secondary N) is 1. The molecule has 0 saturated heterocycles. The van der Waals surface area contributed by atoms with Gasteiger partial charge in [-0.05, 0) is 29.3 Å². The summed E-state index contributed by atoms with van der Waals surface area (Å²) in [6, 6.07) is 22.0. The minimum absolute atomic E-state index is 0.265. The summed E-state index contributed by atoms with van der Waals surface area (Å²) in [5.74, 6) is -0.854. The van der Waals surface area contributed by atoms with Crippen molar-refractivity contribution in [2.24, 2.45) is 0 Å². The van der Waals surface area contributed by atoms with Gasteiger partial charge in [0.1, 0.15) is 0 Å². The maximum Gasteiger partial charge on any atom is 0.416 e. The first kappa shape index (κ1) is 19.1. The topological polar surface area (TPSA) is 42.0 Å². The van der Waals surface area contributed by atoms with Crippen LogP contribution in [0.2, 0.25) is 0 Å². The number of alkyl halides is 3. The van der Waals surface area contributed by atoms with Gasteiger partial charge in [-0.2, -0.15) is 13.2 Å².